The molecule has 0 saturated carbocycles. The lowest BCUT2D eigenvalue weighted by atomic mass is 9.77. The highest BCUT2D eigenvalue weighted by Crippen LogP contribution is 2.43. The van der Waals surface area contributed by atoms with E-state index in [1.807, 2.05) is 30.5 Å². The third kappa shape index (κ3) is 4.59. The number of nitrogens with two attached hydrogens (primary N) is 1. The van der Waals surface area contributed by atoms with Crippen LogP contribution in [0.4, 0.5) is 11.5 Å². The van der Waals surface area contributed by atoms with Gasteiger partial charge in [0.15, 0.2) is 5.82 Å². The third-order valence-corrected chi connectivity index (χ3v) is 10.2. The number of ether oxygens (including phenoxy) is 1. The summed E-state index contributed by atoms with van der Waals surface area (Å²) in [6.07, 6.45) is 10.2. The Labute approximate surface area is 242 Å². The highest BCUT2D eigenvalue weighted by Gasteiger charge is 2.46. The number of fused-ring (bicyclic) bond motifs is 2. The molecular weight excluding hydrogens is 514 g/mol. The highest BCUT2D eigenvalue weighted by atomic mass is 16.5. The van der Waals surface area contributed by atoms with Crippen molar-refractivity contribution in [2.75, 3.05) is 50.0 Å². The summed E-state index contributed by atoms with van der Waals surface area (Å²) >= 11 is 0. The molecule has 5 aliphatic heterocycles. The maximum atomic E-state index is 10.4. The van der Waals surface area contributed by atoms with Gasteiger partial charge in [0.25, 0.3) is 0 Å². The minimum Gasteiger partial charge on any atom is -0.507 e. The van der Waals surface area contributed by atoms with E-state index in [9.17, 15) is 5.11 Å². The number of hydrogen-bond acceptors (Lipinski definition) is 9. The fourth-order valence-electron chi connectivity index (χ4n) is 7.89. The SMILES string of the molecule is C/C(CN1CCC12CCOCC2)=C1\N=CC=C(N2C3CCC2CN(c2cc(-c4ccccc4O)nnc2N)C3)C1C. The van der Waals surface area contributed by atoms with Gasteiger partial charge in [-0.1, -0.05) is 19.1 Å². The van der Waals surface area contributed by atoms with Gasteiger partial charge in [-0.3, -0.25) is 9.89 Å². The second-order valence-corrected chi connectivity index (χ2v) is 12.5. The van der Waals surface area contributed by atoms with Crippen LogP contribution in [0, 0.1) is 5.92 Å². The molecule has 3 N–H and O–H groups in total. The number of aromatic hydroxyl groups is 1. The summed E-state index contributed by atoms with van der Waals surface area (Å²) in [7, 11) is 0. The number of nitrogens with zero attached hydrogens (tertiary/aromatic N) is 6. The summed E-state index contributed by atoms with van der Waals surface area (Å²) in [5.41, 5.74) is 12.9. The first-order valence-electron chi connectivity index (χ1n) is 15.1. The second-order valence-electron chi connectivity index (χ2n) is 12.5. The van der Waals surface area contributed by atoms with Gasteiger partial charge in [0.2, 0.25) is 0 Å². The maximum Gasteiger partial charge on any atom is 0.169 e. The van der Waals surface area contributed by atoms with Crippen LogP contribution in [0.3, 0.4) is 0 Å². The van der Waals surface area contributed by atoms with Crippen molar-refractivity contribution in [2.45, 2.75) is 63.6 Å². The van der Waals surface area contributed by atoms with Gasteiger partial charge >= 0.3 is 0 Å². The van der Waals surface area contributed by atoms with Gasteiger partial charge in [-0.15, -0.1) is 10.2 Å². The highest BCUT2D eigenvalue weighted by molar-refractivity contribution is 5.76. The van der Waals surface area contributed by atoms with Crippen molar-refractivity contribution in [1.29, 1.82) is 0 Å². The monoisotopic (exact) mass is 555 g/mol. The van der Waals surface area contributed by atoms with Crippen molar-refractivity contribution in [3.05, 3.63) is 53.4 Å². The van der Waals surface area contributed by atoms with Crippen LogP contribution in [0.25, 0.3) is 11.3 Å². The maximum absolute atomic E-state index is 10.4. The van der Waals surface area contributed by atoms with E-state index < -0.39 is 0 Å². The zero-order valence-corrected chi connectivity index (χ0v) is 24.2. The first kappa shape index (κ1) is 26.5. The van der Waals surface area contributed by atoms with Gasteiger partial charge in [-0.25, -0.2) is 0 Å². The molecule has 4 fully saturated rings. The zero-order chi connectivity index (χ0) is 28.1. The molecule has 9 heteroatoms. The second kappa shape index (κ2) is 10.4. The minimum absolute atomic E-state index is 0.193. The van der Waals surface area contributed by atoms with Crippen LogP contribution < -0.4 is 10.6 Å². The summed E-state index contributed by atoms with van der Waals surface area (Å²) in [6, 6.07) is 10.0. The number of nitrogen functional groups attached to an aromatic ring is 1. The van der Waals surface area contributed by atoms with E-state index in [-0.39, 0.29) is 11.7 Å². The molecule has 1 aromatic heterocycles. The number of likely N-dealkylation sites (tertiary alicyclic amines) is 1. The molecule has 6 heterocycles. The standard InChI is InChI=1S/C32H41N7O2/c1-21(18-38-14-10-32(38)11-15-41-16-12-32)30-22(2)27(9-13-34-30)39-23-7-8-24(39)20-37(19-23)28-17-26(35-36-31(28)33)25-5-3-4-6-29(25)40/h3-6,9,13,17,22-24,40H,7-8,10-12,14-16,18-20H2,1-2H3,(H2,33,36)/b30-21+. The lowest BCUT2D eigenvalue weighted by Crippen LogP contribution is -2.62. The van der Waals surface area contributed by atoms with Crippen molar-refractivity contribution >= 4 is 17.7 Å². The number of dihydropyridines is 1. The first-order valence-corrected chi connectivity index (χ1v) is 15.1. The average molecular weight is 556 g/mol. The quantitative estimate of drug-likeness (QED) is 0.566. The number of aromatic nitrogens is 2. The van der Waals surface area contributed by atoms with Gasteiger partial charge in [0.1, 0.15) is 5.75 Å². The van der Waals surface area contributed by atoms with Crippen LogP contribution in [-0.2, 0) is 4.74 Å². The number of anilines is 2. The molecule has 3 unspecified atom stereocenters. The van der Waals surface area contributed by atoms with E-state index in [4.69, 9.17) is 15.5 Å². The third-order valence-electron chi connectivity index (χ3n) is 10.2. The van der Waals surface area contributed by atoms with E-state index in [2.05, 4.69) is 44.8 Å². The summed E-state index contributed by atoms with van der Waals surface area (Å²) in [6.45, 7) is 10.3. The lowest BCUT2D eigenvalue weighted by molar-refractivity contribution is -0.0848. The Kier molecular flexibility index (Phi) is 6.74. The number of phenolic OH excluding ortho intramolecular Hbond substituents is 1. The first-order chi connectivity index (χ1) is 19.9. The van der Waals surface area contributed by atoms with Crippen molar-refractivity contribution in [3.8, 4) is 17.0 Å². The Morgan fingerprint density at radius 1 is 1.10 bits per heavy atom. The van der Waals surface area contributed by atoms with Crippen LogP contribution in [-0.4, -0.2) is 88.3 Å². The van der Waals surface area contributed by atoms with E-state index in [0.29, 0.717) is 34.7 Å². The summed E-state index contributed by atoms with van der Waals surface area (Å²) in [4.78, 5) is 12.7. The molecule has 7 rings (SSSR count). The van der Waals surface area contributed by atoms with Gasteiger partial charge in [0.05, 0.1) is 11.4 Å². The minimum atomic E-state index is 0.193. The molecule has 0 radical (unpaired) electrons. The van der Waals surface area contributed by atoms with Crippen molar-refractivity contribution < 1.29 is 9.84 Å². The van der Waals surface area contributed by atoms with Crippen LogP contribution in [0.5, 0.6) is 5.75 Å². The molecule has 5 aliphatic rings. The molecule has 0 amide bonds. The number of allylic oxidation sites excluding steroid dienone is 1. The van der Waals surface area contributed by atoms with E-state index in [0.717, 1.165) is 64.2 Å². The fraction of sp³-hybridized carbons (Fsp3) is 0.531. The van der Waals surface area contributed by atoms with Gasteiger partial charge in [-0.05, 0) is 68.9 Å². The number of rotatable bonds is 5. The van der Waals surface area contributed by atoms with Gasteiger partial charge < -0.3 is 25.4 Å². The van der Waals surface area contributed by atoms with E-state index >= 15 is 0 Å². The smallest absolute Gasteiger partial charge is 0.169 e. The van der Waals surface area contributed by atoms with Crippen molar-refractivity contribution in [1.82, 2.24) is 20.0 Å². The van der Waals surface area contributed by atoms with Crippen molar-refractivity contribution in [2.24, 2.45) is 10.9 Å². The van der Waals surface area contributed by atoms with Gasteiger partial charge in [-0.2, -0.15) is 0 Å². The number of piperazine rings is 1. The Hall–Kier alpha value is -3.43. The Balaban J connectivity index is 1.09. The molecule has 41 heavy (non-hydrogen) atoms. The zero-order valence-electron chi connectivity index (χ0n) is 24.2. The Morgan fingerprint density at radius 2 is 1.85 bits per heavy atom. The molecule has 3 atom stereocenters. The predicted octanol–water partition coefficient (Wildman–Crippen LogP) is 4.22. The van der Waals surface area contributed by atoms with Crippen LogP contribution in [0.1, 0.15) is 46.0 Å². The molecule has 4 saturated heterocycles. The predicted molar refractivity (Wildman–Crippen MR) is 162 cm³/mol. The summed E-state index contributed by atoms with van der Waals surface area (Å²) in [5.74, 6) is 0.893. The molecule has 1 spiro atoms. The van der Waals surface area contributed by atoms with E-state index in [1.165, 1.54) is 29.9 Å². The molecular formula is C32H41N7O2. The van der Waals surface area contributed by atoms with Crippen LogP contribution in [0.2, 0.25) is 0 Å². The van der Waals surface area contributed by atoms with Crippen LogP contribution in [0.15, 0.2) is 58.4 Å². The number of benzene rings is 1. The topological polar surface area (TPSA) is 103 Å². The molecule has 1 aromatic carbocycles. The molecule has 2 bridgehead atoms. The van der Waals surface area contributed by atoms with Crippen molar-refractivity contribution in [3.63, 3.8) is 0 Å². The van der Waals surface area contributed by atoms with Gasteiger partial charge in [0, 0.05) is 86.1 Å². The molecule has 0 aliphatic carbocycles. The van der Waals surface area contributed by atoms with E-state index in [1.54, 1.807) is 6.07 Å². The molecule has 9 nitrogen and oxygen atoms in total. The summed E-state index contributed by atoms with van der Waals surface area (Å²) in [5, 5.41) is 18.9. The Morgan fingerprint density at radius 3 is 2.56 bits per heavy atom. The Bertz CT molecular complexity index is 1400. The lowest BCUT2D eigenvalue weighted by Gasteiger charge is -2.55. The largest absolute Gasteiger partial charge is 0.507 e. The molecule has 216 valence electrons. The average Bonchev–Trinajstić information content (AvgIpc) is 3.24. The molecule has 2 aromatic rings. The summed E-state index contributed by atoms with van der Waals surface area (Å²) < 4.78 is 5.67. The van der Waals surface area contributed by atoms with Crippen LogP contribution >= 0.6 is 0 Å². The number of para-hydroxylation sites is 1. The number of hydrogen-bond donors (Lipinski definition) is 2. The normalized spacial score (nSPS) is 28.5. The number of aliphatic imine (C=N–C) groups is 1. The number of phenols is 1. The fourth-order valence-corrected chi connectivity index (χ4v) is 7.89.